The van der Waals surface area contributed by atoms with E-state index in [1.807, 2.05) is 4.57 Å². The molecule has 1 aromatic carbocycles. The standard InChI is InChI=1S/C15H15F2N3O2/c16-14(17)10-1-3-11(4-2-10)15(21)19-8-12-7-18-13-9-22-6-5-20(12)13/h1-4,7,14H,5-6,8-9H2,(H,19,21). The number of nitrogens with one attached hydrogen (secondary N) is 1. The second kappa shape index (κ2) is 6.23. The predicted molar refractivity (Wildman–Crippen MR) is 74.5 cm³/mol. The van der Waals surface area contributed by atoms with Gasteiger partial charge in [-0.15, -0.1) is 0 Å². The molecule has 0 spiro atoms. The van der Waals surface area contributed by atoms with Gasteiger partial charge in [0.15, 0.2) is 0 Å². The highest BCUT2D eigenvalue weighted by atomic mass is 19.3. The first-order valence-electron chi connectivity index (χ1n) is 6.92. The molecule has 1 aliphatic rings. The van der Waals surface area contributed by atoms with Crippen molar-refractivity contribution in [3.63, 3.8) is 0 Å². The summed E-state index contributed by atoms with van der Waals surface area (Å²) in [6.45, 7) is 2.15. The first kappa shape index (κ1) is 14.6. The molecule has 0 aliphatic carbocycles. The van der Waals surface area contributed by atoms with Gasteiger partial charge >= 0.3 is 0 Å². The summed E-state index contributed by atoms with van der Waals surface area (Å²) in [6, 6.07) is 5.32. The molecule has 2 aromatic rings. The fraction of sp³-hybridized carbons (Fsp3) is 0.333. The van der Waals surface area contributed by atoms with Gasteiger partial charge in [-0.1, -0.05) is 12.1 Å². The summed E-state index contributed by atoms with van der Waals surface area (Å²) in [5, 5.41) is 2.77. The Morgan fingerprint density at radius 3 is 2.86 bits per heavy atom. The molecule has 0 radical (unpaired) electrons. The second-order valence-electron chi connectivity index (χ2n) is 4.98. The van der Waals surface area contributed by atoms with Crippen molar-refractivity contribution in [2.45, 2.75) is 26.1 Å². The maximum absolute atomic E-state index is 12.5. The molecule has 0 bridgehead atoms. The molecule has 0 saturated carbocycles. The van der Waals surface area contributed by atoms with Gasteiger partial charge < -0.3 is 14.6 Å². The molecule has 1 amide bonds. The minimum atomic E-state index is -2.53. The summed E-state index contributed by atoms with van der Waals surface area (Å²) in [7, 11) is 0. The van der Waals surface area contributed by atoms with Crippen LogP contribution in [-0.4, -0.2) is 22.1 Å². The van der Waals surface area contributed by atoms with E-state index < -0.39 is 6.43 Å². The van der Waals surface area contributed by atoms with Gasteiger partial charge in [0.2, 0.25) is 0 Å². The zero-order chi connectivity index (χ0) is 15.5. The lowest BCUT2D eigenvalue weighted by molar-refractivity contribution is 0.0802. The number of imidazole rings is 1. The molecule has 1 aliphatic heterocycles. The van der Waals surface area contributed by atoms with E-state index in [-0.39, 0.29) is 11.5 Å². The van der Waals surface area contributed by atoms with Gasteiger partial charge in [-0.3, -0.25) is 4.79 Å². The molecule has 0 fully saturated rings. The number of fused-ring (bicyclic) bond motifs is 1. The fourth-order valence-electron chi connectivity index (χ4n) is 2.36. The normalized spacial score (nSPS) is 14.0. The molecular weight excluding hydrogens is 292 g/mol. The number of amides is 1. The number of nitrogens with zero attached hydrogens (tertiary/aromatic N) is 2. The highest BCUT2D eigenvalue weighted by Gasteiger charge is 2.15. The first-order chi connectivity index (χ1) is 10.6. The third-order valence-corrected chi connectivity index (χ3v) is 3.57. The molecule has 0 saturated heterocycles. The summed E-state index contributed by atoms with van der Waals surface area (Å²) in [5.41, 5.74) is 1.16. The molecule has 116 valence electrons. The van der Waals surface area contributed by atoms with Crippen molar-refractivity contribution in [2.24, 2.45) is 0 Å². The molecule has 5 nitrogen and oxygen atoms in total. The van der Waals surface area contributed by atoms with E-state index in [1.54, 1.807) is 6.20 Å². The predicted octanol–water partition coefficient (Wildman–Crippen LogP) is 2.28. The molecule has 0 unspecified atom stereocenters. The van der Waals surface area contributed by atoms with Crippen molar-refractivity contribution in [1.82, 2.24) is 14.9 Å². The topological polar surface area (TPSA) is 56.2 Å². The van der Waals surface area contributed by atoms with Crippen LogP contribution in [0.4, 0.5) is 8.78 Å². The van der Waals surface area contributed by atoms with Crippen LogP contribution in [0.3, 0.4) is 0 Å². The quantitative estimate of drug-likeness (QED) is 0.943. The minimum Gasteiger partial charge on any atom is -0.372 e. The van der Waals surface area contributed by atoms with E-state index in [9.17, 15) is 13.6 Å². The van der Waals surface area contributed by atoms with Crippen molar-refractivity contribution < 1.29 is 18.3 Å². The van der Waals surface area contributed by atoms with Crippen molar-refractivity contribution >= 4 is 5.91 Å². The summed E-state index contributed by atoms with van der Waals surface area (Å²) in [5.74, 6) is 0.542. The van der Waals surface area contributed by atoms with Crippen molar-refractivity contribution in [1.29, 1.82) is 0 Å². The van der Waals surface area contributed by atoms with E-state index in [1.165, 1.54) is 24.3 Å². The Kier molecular flexibility index (Phi) is 4.15. The number of rotatable bonds is 4. The van der Waals surface area contributed by atoms with Gasteiger partial charge in [0.05, 0.1) is 25.0 Å². The van der Waals surface area contributed by atoms with E-state index >= 15 is 0 Å². The number of ether oxygens (including phenoxy) is 1. The first-order valence-corrected chi connectivity index (χ1v) is 6.92. The van der Waals surface area contributed by atoms with Crippen LogP contribution in [-0.2, 0) is 24.4 Å². The van der Waals surface area contributed by atoms with Crippen molar-refractivity contribution in [3.05, 3.63) is 53.1 Å². The average Bonchev–Trinajstić information content (AvgIpc) is 2.96. The molecular formula is C15H15F2N3O2. The van der Waals surface area contributed by atoms with E-state index in [0.29, 0.717) is 31.9 Å². The fourth-order valence-corrected chi connectivity index (χ4v) is 2.36. The summed E-state index contributed by atoms with van der Waals surface area (Å²) in [4.78, 5) is 16.3. The molecule has 0 atom stereocenters. The van der Waals surface area contributed by atoms with Crippen LogP contribution < -0.4 is 5.32 Å². The zero-order valence-corrected chi connectivity index (χ0v) is 11.8. The van der Waals surface area contributed by atoms with Crippen LogP contribution in [0.15, 0.2) is 30.5 Å². The van der Waals surface area contributed by atoms with Gasteiger partial charge in [-0.2, -0.15) is 0 Å². The van der Waals surface area contributed by atoms with Gasteiger partial charge in [-0.05, 0) is 12.1 Å². The number of halogens is 2. The Hall–Kier alpha value is -2.28. The van der Waals surface area contributed by atoms with Crippen molar-refractivity contribution in [3.8, 4) is 0 Å². The van der Waals surface area contributed by atoms with E-state index in [4.69, 9.17) is 4.74 Å². The van der Waals surface area contributed by atoms with Crippen LogP contribution in [0.1, 0.15) is 33.9 Å². The maximum Gasteiger partial charge on any atom is 0.263 e. The van der Waals surface area contributed by atoms with E-state index in [0.717, 1.165) is 11.5 Å². The number of alkyl halides is 2. The molecule has 22 heavy (non-hydrogen) atoms. The number of hydrogen-bond donors (Lipinski definition) is 1. The Labute approximate surface area is 125 Å². The number of benzene rings is 1. The molecule has 1 aromatic heterocycles. The minimum absolute atomic E-state index is 0.0959. The van der Waals surface area contributed by atoms with Crippen molar-refractivity contribution in [2.75, 3.05) is 6.61 Å². The smallest absolute Gasteiger partial charge is 0.263 e. The second-order valence-corrected chi connectivity index (χ2v) is 4.98. The largest absolute Gasteiger partial charge is 0.372 e. The SMILES string of the molecule is O=C(NCc1cnc2n1CCOC2)c1ccc(C(F)F)cc1. The third-order valence-electron chi connectivity index (χ3n) is 3.57. The van der Waals surface area contributed by atoms with Gasteiger partial charge in [0, 0.05) is 17.7 Å². The number of carbonyl (C=O) groups excluding carboxylic acids is 1. The number of carbonyl (C=O) groups is 1. The lowest BCUT2D eigenvalue weighted by Crippen LogP contribution is -2.26. The Morgan fingerprint density at radius 2 is 2.14 bits per heavy atom. The highest BCUT2D eigenvalue weighted by molar-refractivity contribution is 5.94. The summed E-state index contributed by atoms with van der Waals surface area (Å²) < 4.78 is 32.3. The van der Waals surface area contributed by atoms with Gasteiger partial charge in [0.1, 0.15) is 12.4 Å². The lowest BCUT2D eigenvalue weighted by atomic mass is 10.1. The Bertz CT molecular complexity index is 668. The molecule has 7 heteroatoms. The monoisotopic (exact) mass is 307 g/mol. The Balaban J connectivity index is 1.63. The third kappa shape index (κ3) is 2.99. The number of hydrogen-bond acceptors (Lipinski definition) is 3. The lowest BCUT2D eigenvalue weighted by Gasteiger charge is -2.17. The molecule has 3 rings (SSSR count). The van der Waals surface area contributed by atoms with Crippen LogP contribution in [0, 0.1) is 0 Å². The van der Waals surface area contributed by atoms with Crippen LogP contribution in [0.2, 0.25) is 0 Å². The molecule has 1 N–H and O–H groups in total. The van der Waals surface area contributed by atoms with Crippen LogP contribution in [0.5, 0.6) is 0 Å². The van der Waals surface area contributed by atoms with Crippen LogP contribution in [0.25, 0.3) is 0 Å². The maximum atomic E-state index is 12.5. The van der Waals surface area contributed by atoms with E-state index in [2.05, 4.69) is 10.3 Å². The summed E-state index contributed by atoms with van der Waals surface area (Å²) in [6.07, 6.45) is -0.817. The average molecular weight is 307 g/mol. The van der Waals surface area contributed by atoms with Gasteiger partial charge in [0.25, 0.3) is 12.3 Å². The highest BCUT2D eigenvalue weighted by Crippen LogP contribution is 2.18. The summed E-state index contributed by atoms with van der Waals surface area (Å²) >= 11 is 0. The Morgan fingerprint density at radius 1 is 1.36 bits per heavy atom. The van der Waals surface area contributed by atoms with Gasteiger partial charge in [-0.25, -0.2) is 13.8 Å². The number of aromatic nitrogens is 2. The zero-order valence-electron chi connectivity index (χ0n) is 11.8. The van der Waals surface area contributed by atoms with Crippen LogP contribution >= 0.6 is 0 Å². The molecule has 2 heterocycles.